The number of thioether (sulfide) groups is 1. The number of nitrogens with one attached hydrogen (secondary N) is 1. The first-order valence-electron chi connectivity index (χ1n) is 6.75. The molecular weight excluding hydrogens is 425 g/mol. The van der Waals surface area contributed by atoms with Gasteiger partial charge in [-0.1, -0.05) is 42.1 Å². The molecule has 116 valence electrons. The van der Waals surface area contributed by atoms with Crippen LogP contribution in [0.3, 0.4) is 0 Å². The van der Waals surface area contributed by atoms with E-state index in [9.17, 15) is 4.79 Å². The van der Waals surface area contributed by atoms with Gasteiger partial charge in [-0.3, -0.25) is 4.79 Å². The molecule has 0 atom stereocenters. The quantitative estimate of drug-likeness (QED) is 0.491. The Balaban J connectivity index is 1.64. The van der Waals surface area contributed by atoms with E-state index >= 15 is 0 Å². The number of carbonyl (C=O) groups excluding carboxylic acids is 1. The van der Waals surface area contributed by atoms with E-state index in [0.29, 0.717) is 5.16 Å². The first-order chi connectivity index (χ1) is 11.2. The van der Waals surface area contributed by atoms with Crippen molar-refractivity contribution < 1.29 is 4.79 Å². The van der Waals surface area contributed by atoms with Crippen LogP contribution < -0.4 is 5.32 Å². The second kappa shape index (κ2) is 7.55. The van der Waals surface area contributed by atoms with Crippen molar-refractivity contribution in [3.05, 3.63) is 58.2 Å². The number of hydrogen-bond donors (Lipinski definition) is 1. The van der Waals surface area contributed by atoms with E-state index in [2.05, 4.69) is 43.4 Å². The van der Waals surface area contributed by atoms with Gasteiger partial charge in [0.25, 0.3) is 0 Å². The lowest BCUT2D eigenvalue weighted by Crippen LogP contribution is -2.15. The van der Waals surface area contributed by atoms with Gasteiger partial charge in [-0.25, -0.2) is 0 Å². The average molecular weight is 437 g/mol. The molecule has 0 spiro atoms. The molecule has 0 unspecified atom stereocenters. The predicted octanol–water partition coefficient (Wildman–Crippen LogP) is 3.00. The van der Waals surface area contributed by atoms with Crippen molar-refractivity contribution in [3.8, 4) is 5.69 Å². The topological polar surface area (TPSA) is 72.7 Å². The summed E-state index contributed by atoms with van der Waals surface area (Å²) < 4.78 is 2.61. The zero-order chi connectivity index (χ0) is 16.1. The van der Waals surface area contributed by atoms with E-state index in [0.717, 1.165) is 14.9 Å². The minimum Gasteiger partial charge on any atom is -0.324 e. The zero-order valence-electron chi connectivity index (χ0n) is 11.9. The maximum Gasteiger partial charge on any atom is 0.234 e. The molecule has 0 saturated carbocycles. The fourth-order valence-electron chi connectivity index (χ4n) is 1.88. The van der Waals surface area contributed by atoms with Gasteiger partial charge >= 0.3 is 0 Å². The van der Waals surface area contributed by atoms with Crippen molar-refractivity contribution in [2.24, 2.45) is 0 Å². The zero-order valence-corrected chi connectivity index (χ0v) is 14.9. The van der Waals surface area contributed by atoms with Crippen molar-refractivity contribution in [2.75, 3.05) is 11.1 Å². The van der Waals surface area contributed by atoms with Crippen LogP contribution in [0.5, 0.6) is 0 Å². The Morgan fingerprint density at radius 2 is 1.87 bits per heavy atom. The van der Waals surface area contributed by atoms with Crippen LogP contribution in [0, 0.1) is 3.57 Å². The maximum absolute atomic E-state index is 12.1. The Kier molecular flexibility index (Phi) is 5.23. The second-order valence-corrected chi connectivity index (χ2v) is 6.63. The molecule has 0 bridgehead atoms. The molecule has 0 aliphatic rings. The second-order valence-electron chi connectivity index (χ2n) is 4.53. The van der Waals surface area contributed by atoms with E-state index in [1.807, 2.05) is 54.6 Å². The fourth-order valence-corrected chi connectivity index (χ4v) is 3.09. The molecule has 1 N–H and O–H groups in total. The fraction of sp³-hybridized carbons (Fsp3) is 0.0667. The minimum absolute atomic E-state index is 0.0956. The van der Waals surface area contributed by atoms with Crippen molar-refractivity contribution in [2.45, 2.75) is 5.16 Å². The number of para-hydroxylation sites is 2. The summed E-state index contributed by atoms with van der Waals surface area (Å²) >= 11 is 3.48. The normalized spacial score (nSPS) is 10.5. The molecular formula is C15H12IN5OS. The lowest BCUT2D eigenvalue weighted by Gasteiger charge is -2.07. The molecule has 1 heterocycles. The van der Waals surface area contributed by atoms with Crippen molar-refractivity contribution >= 4 is 45.9 Å². The molecule has 1 aromatic heterocycles. The van der Waals surface area contributed by atoms with Crippen LogP contribution in [0.2, 0.25) is 0 Å². The first-order valence-corrected chi connectivity index (χ1v) is 8.81. The average Bonchev–Trinajstić information content (AvgIpc) is 3.04. The van der Waals surface area contributed by atoms with Crippen LogP contribution >= 0.6 is 34.4 Å². The van der Waals surface area contributed by atoms with Gasteiger partial charge < -0.3 is 5.32 Å². The van der Waals surface area contributed by atoms with E-state index in [-0.39, 0.29) is 11.7 Å². The summed E-state index contributed by atoms with van der Waals surface area (Å²) in [4.78, 5) is 12.1. The standard InChI is InChI=1S/C15H12IN5OS/c16-12-8-4-5-9-13(12)17-14(22)10-23-15-18-19-20-21(15)11-6-2-1-3-7-11/h1-9H,10H2,(H,17,22). The monoisotopic (exact) mass is 437 g/mol. The molecule has 6 nitrogen and oxygen atoms in total. The molecule has 0 aliphatic heterocycles. The molecule has 0 fully saturated rings. The number of nitrogens with zero attached hydrogens (tertiary/aromatic N) is 4. The summed E-state index contributed by atoms with van der Waals surface area (Å²) in [5.74, 6) is 0.139. The van der Waals surface area contributed by atoms with Gasteiger partial charge in [0.1, 0.15) is 0 Å². The van der Waals surface area contributed by atoms with Gasteiger partial charge in [0.05, 0.1) is 17.1 Å². The third kappa shape index (κ3) is 4.08. The molecule has 0 radical (unpaired) electrons. The minimum atomic E-state index is -0.0956. The summed E-state index contributed by atoms with van der Waals surface area (Å²) in [7, 11) is 0. The molecule has 2 aromatic carbocycles. The maximum atomic E-state index is 12.1. The van der Waals surface area contributed by atoms with Crippen LogP contribution in [0.4, 0.5) is 5.69 Å². The highest BCUT2D eigenvalue weighted by molar-refractivity contribution is 14.1. The number of aromatic nitrogens is 4. The van der Waals surface area contributed by atoms with E-state index in [1.54, 1.807) is 4.68 Å². The Bertz CT molecular complexity index is 808. The van der Waals surface area contributed by atoms with Gasteiger partial charge in [-0.05, 0) is 57.3 Å². The van der Waals surface area contributed by atoms with Gasteiger partial charge in [0.2, 0.25) is 11.1 Å². The molecule has 23 heavy (non-hydrogen) atoms. The highest BCUT2D eigenvalue weighted by Gasteiger charge is 2.12. The lowest BCUT2D eigenvalue weighted by atomic mass is 10.3. The molecule has 3 aromatic rings. The molecule has 3 rings (SSSR count). The van der Waals surface area contributed by atoms with Crippen molar-refractivity contribution in [1.29, 1.82) is 0 Å². The van der Waals surface area contributed by atoms with Gasteiger partial charge in [-0.15, -0.1) is 5.10 Å². The van der Waals surface area contributed by atoms with Crippen LogP contribution in [0.1, 0.15) is 0 Å². The summed E-state index contributed by atoms with van der Waals surface area (Å²) in [6.45, 7) is 0. The van der Waals surface area contributed by atoms with Gasteiger partial charge in [-0.2, -0.15) is 4.68 Å². The van der Waals surface area contributed by atoms with E-state index in [1.165, 1.54) is 11.8 Å². The highest BCUT2D eigenvalue weighted by atomic mass is 127. The number of rotatable bonds is 5. The summed E-state index contributed by atoms with van der Waals surface area (Å²) in [5.41, 5.74) is 1.67. The third-order valence-electron chi connectivity index (χ3n) is 2.92. The molecule has 1 amide bonds. The van der Waals surface area contributed by atoms with Crippen molar-refractivity contribution in [3.63, 3.8) is 0 Å². The summed E-state index contributed by atoms with van der Waals surface area (Å²) in [5, 5.41) is 15.1. The summed E-state index contributed by atoms with van der Waals surface area (Å²) in [6, 6.07) is 17.2. The van der Waals surface area contributed by atoms with E-state index < -0.39 is 0 Å². The van der Waals surface area contributed by atoms with Crippen molar-refractivity contribution in [1.82, 2.24) is 20.2 Å². The number of halogens is 1. The Morgan fingerprint density at radius 1 is 1.13 bits per heavy atom. The highest BCUT2D eigenvalue weighted by Crippen LogP contribution is 2.20. The van der Waals surface area contributed by atoms with Gasteiger partial charge in [0.15, 0.2) is 0 Å². The SMILES string of the molecule is O=C(CSc1nnnn1-c1ccccc1)Nc1ccccc1I. The Morgan fingerprint density at radius 3 is 2.65 bits per heavy atom. The number of carbonyl (C=O) groups is 1. The number of amides is 1. The number of hydrogen-bond acceptors (Lipinski definition) is 5. The van der Waals surface area contributed by atoms with Crippen LogP contribution in [0.15, 0.2) is 59.8 Å². The van der Waals surface area contributed by atoms with Crippen LogP contribution in [-0.4, -0.2) is 31.9 Å². The largest absolute Gasteiger partial charge is 0.324 e. The van der Waals surface area contributed by atoms with Crippen LogP contribution in [-0.2, 0) is 4.79 Å². The molecule has 8 heteroatoms. The number of anilines is 1. The Hall–Kier alpha value is -1.94. The lowest BCUT2D eigenvalue weighted by molar-refractivity contribution is -0.113. The van der Waals surface area contributed by atoms with Crippen LogP contribution in [0.25, 0.3) is 5.69 Å². The number of tetrazole rings is 1. The summed E-state index contributed by atoms with van der Waals surface area (Å²) in [6.07, 6.45) is 0. The first kappa shape index (κ1) is 15.9. The predicted molar refractivity (Wildman–Crippen MR) is 97.7 cm³/mol. The van der Waals surface area contributed by atoms with E-state index in [4.69, 9.17) is 0 Å². The smallest absolute Gasteiger partial charge is 0.234 e. The molecule has 0 aliphatic carbocycles. The third-order valence-corrected chi connectivity index (χ3v) is 4.78. The Labute approximate surface area is 150 Å². The van der Waals surface area contributed by atoms with Gasteiger partial charge in [0, 0.05) is 3.57 Å². The molecule has 0 saturated heterocycles. The number of benzene rings is 2.